The van der Waals surface area contributed by atoms with Crippen LogP contribution in [0.15, 0.2) is 47.3 Å². The second kappa shape index (κ2) is 10.8. The fourth-order valence-electron chi connectivity index (χ4n) is 4.98. The van der Waals surface area contributed by atoms with Gasteiger partial charge in [0.25, 0.3) is 5.56 Å². The predicted octanol–water partition coefficient (Wildman–Crippen LogP) is 5.44. The number of ether oxygens (including phenoxy) is 1. The average molecular weight is 503 g/mol. The second-order valence-corrected chi connectivity index (χ2v) is 10.4. The van der Waals surface area contributed by atoms with Gasteiger partial charge in [-0.1, -0.05) is 43.7 Å². The van der Waals surface area contributed by atoms with E-state index in [0.717, 1.165) is 46.4 Å². The molecule has 1 atom stereocenters. The Labute approximate surface area is 218 Å². The maximum atomic E-state index is 13.3. The van der Waals surface area contributed by atoms with E-state index in [1.165, 1.54) is 5.56 Å². The van der Waals surface area contributed by atoms with Crippen LogP contribution >= 0.6 is 0 Å². The molecule has 0 aliphatic rings. The van der Waals surface area contributed by atoms with Crippen molar-refractivity contribution in [2.75, 3.05) is 7.11 Å². The fraction of sp³-hybridized carbons (Fsp3) is 0.448. The Morgan fingerprint density at radius 2 is 1.81 bits per heavy atom. The van der Waals surface area contributed by atoms with Crippen molar-refractivity contribution in [2.45, 2.75) is 79.1 Å². The highest BCUT2D eigenvalue weighted by molar-refractivity contribution is 5.82. The molecule has 0 amide bonds. The summed E-state index contributed by atoms with van der Waals surface area (Å²) in [5.41, 5.74) is 4.56. The van der Waals surface area contributed by atoms with Crippen LogP contribution < -0.4 is 10.3 Å². The molecule has 0 unspecified atom stereocenters. The molecule has 37 heavy (non-hydrogen) atoms. The molecule has 0 aliphatic heterocycles. The van der Waals surface area contributed by atoms with Gasteiger partial charge < -0.3 is 9.72 Å². The molecular weight excluding hydrogens is 464 g/mol. The number of aryl methyl sites for hydroxylation is 2. The summed E-state index contributed by atoms with van der Waals surface area (Å²) in [6.07, 6.45) is 1.66. The lowest BCUT2D eigenvalue weighted by Gasteiger charge is -2.33. The number of aromatic amines is 1. The van der Waals surface area contributed by atoms with Crippen LogP contribution in [0.4, 0.5) is 0 Å². The maximum absolute atomic E-state index is 13.3. The largest absolute Gasteiger partial charge is 0.496 e. The molecule has 8 nitrogen and oxygen atoms in total. The Morgan fingerprint density at radius 3 is 2.51 bits per heavy atom. The number of tetrazole rings is 1. The minimum Gasteiger partial charge on any atom is -0.496 e. The normalized spacial score (nSPS) is 12.9. The van der Waals surface area contributed by atoms with Crippen molar-refractivity contribution in [2.24, 2.45) is 0 Å². The van der Waals surface area contributed by atoms with Gasteiger partial charge in [0.2, 0.25) is 0 Å². The number of nitrogens with one attached hydrogen (secondary N) is 1. The van der Waals surface area contributed by atoms with Crippen LogP contribution in [0.2, 0.25) is 0 Å². The highest BCUT2D eigenvalue weighted by Crippen LogP contribution is 2.32. The molecule has 4 rings (SSSR count). The number of nitrogens with zero attached hydrogens (tertiary/aromatic N) is 5. The van der Waals surface area contributed by atoms with E-state index in [1.54, 1.807) is 7.11 Å². The number of hydrogen-bond donors (Lipinski definition) is 1. The van der Waals surface area contributed by atoms with Gasteiger partial charge in [-0.25, -0.2) is 4.68 Å². The summed E-state index contributed by atoms with van der Waals surface area (Å²) >= 11 is 0. The van der Waals surface area contributed by atoms with Crippen molar-refractivity contribution < 1.29 is 4.74 Å². The summed E-state index contributed by atoms with van der Waals surface area (Å²) in [5, 5.41) is 14.0. The maximum Gasteiger partial charge on any atom is 0.252 e. The van der Waals surface area contributed by atoms with Crippen LogP contribution in [0.25, 0.3) is 10.9 Å². The number of hydrogen-bond acceptors (Lipinski definition) is 6. The quantitative estimate of drug-likeness (QED) is 0.311. The highest BCUT2D eigenvalue weighted by Gasteiger charge is 2.31. The fourth-order valence-corrected chi connectivity index (χ4v) is 4.98. The monoisotopic (exact) mass is 502 g/mol. The third-order valence-corrected chi connectivity index (χ3v) is 7.37. The minimum absolute atomic E-state index is 0.0761. The lowest BCUT2D eigenvalue weighted by Crippen LogP contribution is -2.36. The Kier molecular flexibility index (Phi) is 7.78. The Morgan fingerprint density at radius 1 is 1.08 bits per heavy atom. The van der Waals surface area contributed by atoms with Crippen molar-refractivity contribution in [1.29, 1.82) is 0 Å². The van der Waals surface area contributed by atoms with E-state index in [-0.39, 0.29) is 17.1 Å². The summed E-state index contributed by atoms with van der Waals surface area (Å²) < 4.78 is 7.60. The van der Waals surface area contributed by atoms with Gasteiger partial charge in [0.1, 0.15) is 5.75 Å². The molecule has 0 radical (unpaired) electrons. The summed E-state index contributed by atoms with van der Waals surface area (Å²) in [6, 6.07) is 14.1. The number of fused-ring (bicyclic) bond motifs is 1. The van der Waals surface area contributed by atoms with Gasteiger partial charge in [0, 0.05) is 24.2 Å². The first kappa shape index (κ1) is 26.5. The molecule has 196 valence electrons. The molecular formula is C29H38N6O2. The first-order valence-corrected chi connectivity index (χ1v) is 13.0. The van der Waals surface area contributed by atoms with E-state index >= 15 is 0 Å². The zero-order chi connectivity index (χ0) is 26.7. The van der Waals surface area contributed by atoms with Crippen LogP contribution in [0.1, 0.15) is 74.7 Å². The average Bonchev–Trinajstić information content (AvgIpc) is 3.36. The Hall–Kier alpha value is -3.52. The third-order valence-electron chi connectivity index (χ3n) is 7.37. The van der Waals surface area contributed by atoms with Crippen LogP contribution in [0.3, 0.4) is 0 Å². The Bertz CT molecular complexity index is 1440. The van der Waals surface area contributed by atoms with Crippen molar-refractivity contribution >= 4 is 10.9 Å². The van der Waals surface area contributed by atoms with Gasteiger partial charge in [0.05, 0.1) is 24.2 Å². The van der Waals surface area contributed by atoms with E-state index in [0.29, 0.717) is 18.7 Å². The topological polar surface area (TPSA) is 88.9 Å². The van der Waals surface area contributed by atoms with Crippen molar-refractivity contribution in [3.63, 3.8) is 0 Å². The van der Waals surface area contributed by atoms with E-state index in [4.69, 9.17) is 4.74 Å². The first-order chi connectivity index (χ1) is 17.7. The minimum atomic E-state index is -0.238. The predicted molar refractivity (Wildman–Crippen MR) is 147 cm³/mol. The molecule has 2 aromatic carbocycles. The number of pyridine rings is 1. The van der Waals surface area contributed by atoms with Gasteiger partial charge in [-0.05, 0) is 80.1 Å². The number of methoxy groups -OCH3 is 1. The number of H-pyrrole nitrogens is 1. The SMILES string of the molecule is CC[C@H](c1nnnn1C(C)(C)CC)N(Cc1ccccc1OC)Cc1cc2cc(C)cc(C)c2[nH]c1=O. The van der Waals surface area contributed by atoms with E-state index in [9.17, 15) is 4.79 Å². The van der Waals surface area contributed by atoms with Crippen LogP contribution in [0.5, 0.6) is 5.75 Å². The molecule has 0 bridgehead atoms. The van der Waals surface area contributed by atoms with Crippen LogP contribution in [-0.4, -0.2) is 37.2 Å². The second-order valence-electron chi connectivity index (χ2n) is 10.4. The zero-order valence-corrected chi connectivity index (χ0v) is 23.0. The van der Waals surface area contributed by atoms with E-state index in [1.807, 2.05) is 35.9 Å². The van der Waals surface area contributed by atoms with Crippen LogP contribution in [-0.2, 0) is 18.6 Å². The van der Waals surface area contributed by atoms with E-state index < -0.39 is 0 Å². The number of rotatable bonds is 10. The molecule has 0 fully saturated rings. The molecule has 0 spiro atoms. The lowest BCUT2D eigenvalue weighted by atomic mass is 10.0. The third kappa shape index (κ3) is 5.44. The Balaban J connectivity index is 1.82. The van der Waals surface area contributed by atoms with Gasteiger partial charge in [-0.15, -0.1) is 5.10 Å². The highest BCUT2D eigenvalue weighted by atomic mass is 16.5. The molecule has 1 N–H and O–H groups in total. The number of para-hydroxylation sites is 1. The molecule has 2 aromatic heterocycles. The van der Waals surface area contributed by atoms with Gasteiger partial charge in [-0.3, -0.25) is 9.69 Å². The van der Waals surface area contributed by atoms with Gasteiger partial charge in [0.15, 0.2) is 5.82 Å². The summed E-state index contributed by atoms with van der Waals surface area (Å²) in [4.78, 5) is 18.7. The van der Waals surface area contributed by atoms with E-state index in [2.05, 4.69) is 78.2 Å². The van der Waals surface area contributed by atoms with Gasteiger partial charge >= 0.3 is 0 Å². The molecule has 0 saturated heterocycles. The number of benzene rings is 2. The zero-order valence-electron chi connectivity index (χ0n) is 23.0. The molecule has 8 heteroatoms. The first-order valence-electron chi connectivity index (χ1n) is 13.0. The standard InChI is InChI=1S/C29H38N6O2/c1-8-24(27-31-32-33-35(27)29(5,6)9-2)34(17-21-12-10-11-13-25(21)37-7)18-23-16-22-15-19(3)14-20(4)26(22)30-28(23)36/h10-16,24H,8-9,17-18H2,1-7H3,(H,30,36)/t24-/m1/s1. The molecule has 0 aliphatic carbocycles. The van der Waals surface area contributed by atoms with Crippen molar-refractivity contribution in [1.82, 2.24) is 30.1 Å². The van der Waals surface area contributed by atoms with Gasteiger partial charge in [-0.2, -0.15) is 0 Å². The summed E-state index contributed by atoms with van der Waals surface area (Å²) in [5.74, 6) is 1.61. The summed E-state index contributed by atoms with van der Waals surface area (Å²) in [7, 11) is 1.68. The van der Waals surface area contributed by atoms with Crippen molar-refractivity contribution in [3.8, 4) is 5.75 Å². The lowest BCUT2D eigenvalue weighted by molar-refractivity contribution is 0.149. The van der Waals surface area contributed by atoms with Crippen LogP contribution in [0, 0.1) is 13.8 Å². The smallest absolute Gasteiger partial charge is 0.252 e. The molecule has 4 aromatic rings. The number of aromatic nitrogens is 5. The summed E-state index contributed by atoms with van der Waals surface area (Å²) in [6.45, 7) is 13.7. The van der Waals surface area contributed by atoms with Crippen molar-refractivity contribution in [3.05, 3.63) is 80.9 Å². The molecule has 0 saturated carbocycles. The molecule has 2 heterocycles.